The van der Waals surface area contributed by atoms with E-state index in [0.29, 0.717) is 10.6 Å². The molecule has 0 fully saturated rings. The van der Waals surface area contributed by atoms with Gasteiger partial charge >= 0.3 is 0 Å². The zero-order valence-electron chi connectivity index (χ0n) is 15.8. The van der Waals surface area contributed by atoms with E-state index in [4.69, 9.17) is 11.6 Å². The van der Waals surface area contributed by atoms with Gasteiger partial charge in [0, 0.05) is 11.1 Å². The van der Waals surface area contributed by atoms with Gasteiger partial charge in [-0.3, -0.25) is 4.79 Å². The number of sulfonamides is 1. The van der Waals surface area contributed by atoms with Crippen molar-refractivity contribution in [3.8, 4) is 0 Å². The fourth-order valence-corrected chi connectivity index (χ4v) is 4.40. The maximum absolute atomic E-state index is 13.3. The summed E-state index contributed by atoms with van der Waals surface area (Å²) in [7, 11) is -4.09. The molecule has 148 valence electrons. The lowest BCUT2D eigenvalue weighted by atomic mass is 10.1. The number of nitrogens with zero attached hydrogens (tertiary/aromatic N) is 1. The number of carbonyl (C=O) groups is 1. The number of hydrogen-bond donors (Lipinski definition) is 0. The van der Waals surface area contributed by atoms with Crippen LogP contribution in [0, 0.1) is 0 Å². The van der Waals surface area contributed by atoms with Gasteiger partial charge in [0.1, 0.15) is 0 Å². The van der Waals surface area contributed by atoms with Crippen LogP contribution in [0.4, 0.5) is 5.69 Å². The van der Waals surface area contributed by atoms with Crippen LogP contribution in [-0.4, -0.2) is 14.3 Å². The SMILES string of the molecule is CCc1ccc(N(C(=O)/C=C/c2ccccc2Cl)S(=O)(=O)c2ccccc2)cc1. The van der Waals surface area contributed by atoms with Crippen molar-refractivity contribution < 1.29 is 13.2 Å². The predicted octanol–water partition coefficient (Wildman–Crippen LogP) is 5.34. The summed E-state index contributed by atoms with van der Waals surface area (Å²) in [6.45, 7) is 2.00. The molecule has 6 heteroatoms. The monoisotopic (exact) mass is 425 g/mol. The first-order valence-electron chi connectivity index (χ1n) is 9.09. The van der Waals surface area contributed by atoms with Crippen LogP contribution in [0.15, 0.2) is 89.8 Å². The molecule has 0 aliphatic rings. The normalized spacial score (nSPS) is 11.5. The largest absolute Gasteiger partial charge is 0.271 e. The zero-order chi connectivity index (χ0) is 20.9. The molecule has 29 heavy (non-hydrogen) atoms. The van der Waals surface area contributed by atoms with Gasteiger partial charge in [-0.25, -0.2) is 8.42 Å². The third kappa shape index (κ3) is 4.75. The minimum atomic E-state index is -4.09. The lowest BCUT2D eigenvalue weighted by Crippen LogP contribution is -2.35. The maximum Gasteiger partial charge on any atom is 0.271 e. The first-order chi connectivity index (χ1) is 13.9. The minimum absolute atomic E-state index is 0.0408. The Bertz CT molecular complexity index is 1120. The highest BCUT2D eigenvalue weighted by Crippen LogP contribution is 2.25. The Morgan fingerprint density at radius 3 is 2.17 bits per heavy atom. The molecule has 0 saturated heterocycles. The number of amides is 1. The van der Waals surface area contributed by atoms with Crippen molar-refractivity contribution in [1.29, 1.82) is 0 Å². The number of hydrogen-bond acceptors (Lipinski definition) is 3. The van der Waals surface area contributed by atoms with Crippen molar-refractivity contribution in [1.82, 2.24) is 0 Å². The first-order valence-corrected chi connectivity index (χ1v) is 10.9. The van der Waals surface area contributed by atoms with E-state index in [1.165, 1.54) is 24.3 Å². The van der Waals surface area contributed by atoms with E-state index < -0.39 is 15.9 Å². The van der Waals surface area contributed by atoms with Crippen molar-refractivity contribution in [2.45, 2.75) is 18.2 Å². The Balaban J connectivity index is 2.05. The Morgan fingerprint density at radius 1 is 0.931 bits per heavy atom. The second-order valence-electron chi connectivity index (χ2n) is 6.30. The topological polar surface area (TPSA) is 54.5 Å². The molecule has 3 aromatic rings. The summed E-state index contributed by atoms with van der Waals surface area (Å²) in [5, 5.41) is 0.473. The highest BCUT2D eigenvalue weighted by molar-refractivity contribution is 7.93. The van der Waals surface area contributed by atoms with E-state index in [1.54, 1.807) is 54.6 Å². The molecule has 3 aromatic carbocycles. The third-order valence-corrected chi connectivity index (χ3v) is 6.45. The quantitative estimate of drug-likeness (QED) is 0.501. The molecule has 0 spiro atoms. The van der Waals surface area contributed by atoms with Crippen LogP contribution in [0.25, 0.3) is 6.08 Å². The maximum atomic E-state index is 13.3. The molecule has 3 rings (SSSR count). The Labute approximate surface area is 176 Å². The number of rotatable bonds is 6. The van der Waals surface area contributed by atoms with Gasteiger partial charge in [-0.2, -0.15) is 4.31 Å². The van der Waals surface area contributed by atoms with Crippen molar-refractivity contribution in [2.24, 2.45) is 0 Å². The number of benzene rings is 3. The second kappa shape index (κ2) is 9.07. The van der Waals surface area contributed by atoms with Crippen molar-refractivity contribution in [2.75, 3.05) is 4.31 Å². The summed E-state index contributed by atoms with van der Waals surface area (Å²) in [5.41, 5.74) is 1.95. The lowest BCUT2D eigenvalue weighted by Gasteiger charge is -2.21. The Morgan fingerprint density at radius 2 is 1.55 bits per heavy atom. The van der Waals surface area contributed by atoms with Crippen LogP contribution in [0.2, 0.25) is 5.02 Å². The van der Waals surface area contributed by atoms with E-state index in [2.05, 4.69) is 0 Å². The van der Waals surface area contributed by atoms with Crippen LogP contribution in [0.3, 0.4) is 0 Å². The van der Waals surface area contributed by atoms with Gasteiger partial charge in [0.2, 0.25) is 0 Å². The molecule has 0 aromatic heterocycles. The standard InChI is InChI=1S/C23H20ClNO3S/c1-2-18-12-15-20(16-13-18)25(29(27,28)21-9-4-3-5-10-21)23(26)17-14-19-8-6-7-11-22(19)24/h3-17H,2H2,1H3/b17-14+. The molecule has 0 N–H and O–H groups in total. The summed E-state index contributed by atoms with van der Waals surface area (Å²) >= 11 is 6.13. The van der Waals surface area contributed by atoms with Gasteiger partial charge in [-0.1, -0.05) is 67.1 Å². The van der Waals surface area contributed by atoms with Crippen molar-refractivity contribution in [3.63, 3.8) is 0 Å². The molecule has 0 aliphatic heterocycles. The minimum Gasteiger partial charge on any atom is -0.268 e. The summed E-state index contributed by atoms with van der Waals surface area (Å²) in [6.07, 6.45) is 3.54. The van der Waals surface area contributed by atoms with E-state index in [-0.39, 0.29) is 10.6 Å². The van der Waals surface area contributed by atoms with Crippen LogP contribution < -0.4 is 4.31 Å². The second-order valence-corrected chi connectivity index (χ2v) is 8.49. The van der Waals surface area contributed by atoms with Crippen molar-refractivity contribution in [3.05, 3.63) is 101 Å². The van der Waals surface area contributed by atoms with Crippen LogP contribution in [0.1, 0.15) is 18.1 Å². The summed E-state index contributed by atoms with van der Waals surface area (Å²) < 4.78 is 27.3. The highest BCUT2D eigenvalue weighted by atomic mass is 35.5. The zero-order valence-corrected chi connectivity index (χ0v) is 17.4. The molecule has 0 saturated carbocycles. The van der Waals surface area contributed by atoms with E-state index in [9.17, 15) is 13.2 Å². The van der Waals surface area contributed by atoms with E-state index in [1.807, 2.05) is 19.1 Å². The van der Waals surface area contributed by atoms with Gasteiger partial charge in [-0.15, -0.1) is 0 Å². The van der Waals surface area contributed by atoms with Crippen molar-refractivity contribution >= 4 is 39.3 Å². The predicted molar refractivity (Wildman–Crippen MR) is 117 cm³/mol. The third-order valence-electron chi connectivity index (χ3n) is 4.37. The lowest BCUT2D eigenvalue weighted by molar-refractivity contribution is -0.113. The van der Waals surface area contributed by atoms with Crippen LogP contribution in [0.5, 0.6) is 0 Å². The van der Waals surface area contributed by atoms with Gasteiger partial charge in [0.15, 0.2) is 0 Å². The number of anilines is 1. The molecule has 0 radical (unpaired) electrons. The Hall–Kier alpha value is -2.89. The van der Waals surface area contributed by atoms with Gasteiger partial charge in [0.25, 0.3) is 15.9 Å². The number of aryl methyl sites for hydroxylation is 1. The Kier molecular flexibility index (Phi) is 6.52. The molecule has 0 aliphatic carbocycles. The van der Waals surface area contributed by atoms with Gasteiger partial charge < -0.3 is 0 Å². The fourth-order valence-electron chi connectivity index (χ4n) is 2.79. The molecule has 0 unspecified atom stereocenters. The molecular formula is C23H20ClNO3S. The van der Waals surface area contributed by atoms with E-state index >= 15 is 0 Å². The van der Waals surface area contributed by atoms with Crippen LogP contribution >= 0.6 is 11.6 Å². The summed E-state index contributed by atoms with van der Waals surface area (Å²) in [6, 6.07) is 21.8. The molecule has 0 heterocycles. The summed E-state index contributed by atoms with van der Waals surface area (Å²) in [4.78, 5) is 13.1. The van der Waals surface area contributed by atoms with Gasteiger partial charge in [-0.05, 0) is 54.0 Å². The van der Waals surface area contributed by atoms with E-state index in [0.717, 1.165) is 16.3 Å². The summed E-state index contributed by atoms with van der Waals surface area (Å²) in [5.74, 6) is -0.682. The molecule has 0 atom stereocenters. The molecule has 1 amide bonds. The highest BCUT2D eigenvalue weighted by Gasteiger charge is 2.29. The van der Waals surface area contributed by atoms with Crippen LogP contribution in [-0.2, 0) is 21.2 Å². The number of halogens is 1. The molecular weight excluding hydrogens is 406 g/mol. The molecule has 0 bridgehead atoms. The van der Waals surface area contributed by atoms with Gasteiger partial charge in [0.05, 0.1) is 10.6 Å². The smallest absolute Gasteiger partial charge is 0.268 e. The first kappa shape index (κ1) is 20.8. The number of carbonyl (C=O) groups excluding carboxylic acids is 1. The average Bonchev–Trinajstić information content (AvgIpc) is 2.74. The fraction of sp³-hybridized carbons (Fsp3) is 0.0870. The average molecular weight is 426 g/mol. The molecule has 4 nitrogen and oxygen atoms in total.